The van der Waals surface area contributed by atoms with Gasteiger partial charge in [-0.2, -0.15) is 0 Å². The highest BCUT2D eigenvalue weighted by Gasteiger charge is 2.09. The molecule has 1 atom stereocenters. The van der Waals surface area contributed by atoms with Crippen LogP contribution in [0.2, 0.25) is 0 Å². The zero-order valence-corrected chi connectivity index (χ0v) is 9.72. The van der Waals surface area contributed by atoms with Gasteiger partial charge in [-0.1, -0.05) is 26.0 Å². The number of allylic oxidation sites excluding steroid dienone is 5. The Bertz CT molecular complexity index is 282. The Morgan fingerprint density at radius 1 is 1.29 bits per heavy atom. The number of hydrogen-bond acceptors (Lipinski definition) is 1. The van der Waals surface area contributed by atoms with Crippen LogP contribution in [0.1, 0.15) is 40.5 Å². The molecule has 0 bridgehead atoms. The average Bonchev–Trinajstić information content (AvgIpc) is 2.20. The third kappa shape index (κ3) is 2.50. The zero-order valence-electron chi connectivity index (χ0n) is 9.72. The Hall–Kier alpha value is -0.980. The molecule has 0 aromatic heterocycles. The van der Waals surface area contributed by atoms with Crippen LogP contribution in [-0.2, 0) is 0 Å². The van der Waals surface area contributed by atoms with Crippen molar-refractivity contribution in [2.75, 3.05) is 0 Å². The summed E-state index contributed by atoms with van der Waals surface area (Å²) in [5.41, 5.74) is 4.12. The molecular formula is C13H21N. The zero-order chi connectivity index (χ0) is 10.6. The quantitative estimate of drug-likeness (QED) is 0.700. The van der Waals surface area contributed by atoms with Crippen molar-refractivity contribution >= 4 is 0 Å². The molecule has 14 heavy (non-hydrogen) atoms. The molecule has 0 unspecified atom stereocenters. The van der Waals surface area contributed by atoms with E-state index in [4.69, 9.17) is 0 Å². The monoisotopic (exact) mass is 191 g/mol. The molecule has 0 saturated heterocycles. The molecule has 1 aliphatic heterocycles. The Balaban J connectivity index is 2.96. The predicted molar refractivity (Wildman–Crippen MR) is 62.8 cm³/mol. The summed E-state index contributed by atoms with van der Waals surface area (Å²) in [6.45, 7) is 8.79. The molecular weight excluding hydrogens is 170 g/mol. The van der Waals surface area contributed by atoms with Crippen LogP contribution >= 0.6 is 0 Å². The molecule has 0 radical (unpaired) electrons. The first kappa shape index (κ1) is 11.1. The van der Waals surface area contributed by atoms with Crippen molar-refractivity contribution in [1.82, 2.24) is 5.32 Å². The Morgan fingerprint density at radius 2 is 2.00 bits per heavy atom. The van der Waals surface area contributed by atoms with Crippen LogP contribution in [0.25, 0.3) is 0 Å². The third-order valence-corrected chi connectivity index (χ3v) is 3.01. The van der Waals surface area contributed by atoms with E-state index >= 15 is 0 Å². The minimum absolute atomic E-state index is 0.595. The summed E-state index contributed by atoms with van der Waals surface area (Å²) < 4.78 is 0. The van der Waals surface area contributed by atoms with Gasteiger partial charge in [-0.3, -0.25) is 0 Å². The lowest BCUT2D eigenvalue weighted by molar-refractivity contribution is 0.703. The predicted octanol–water partition coefficient (Wildman–Crippen LogP) is 3.76. The van der Waals surface area contributed by atoms with E-state index in [0.717, 1.165) is 6.42 Å². The minimum atomic E-state index is 0.595. The van der Waals surface area contributed by atoms with Gasteiger partial charge in [0, 0.05) is 11.9 Å². The van der Waals surface area contributed by atoms with E-state index in [9.17, 15) is 0 Å². The van der Waals surface area contributed by atoms with Gasteiger partial charge in [0.1, 0.15) is 0 Å². The van der Waals surface area contributed by atoms with Crippen LogP contribution in [0.3, 0.4) is 0 Å². The van der Waals surface area contributed by atoms with Crippen molar-refractivity contribution in [2.24, 2.45) is 5.92 Å². The lowest BCUT2D eigenvalue weighted by Gasteiger charge is -2.18. The summed E-state index contributed by atoms with van der Waals surface area (Å²) >= 11 is 0. The normalized spacial score (nSPS) is 33.7. The number of hydrogen-bond donors (Lipinski definition) is 1. The van der Waals surface area contributed by atoms with Gasteiger partial charge in [0.25, 0.3) is 0 Å². The average molecular weight is 191 g/mol. The summed E-state index contributed by atoms with van der Waals surface area (Å²) in [4.78, 5) is 0. The summed E-state index contributed by atoms with van der Waals surface area (Å²) in [6.07, 6.45) is 8.96. The lowest BCUT2D eigenvalue weighted by Crippen LogP contribution is -2.11. The molecule has 1 heteroatoms. The van der Waals surface area contributed by atoms with Gasteiger partial charge in [-0.25, -0.2) is 0 Å². The number of rotatable bonds is 2. The van der Waals surface area contributed by atoms with Crippen LogP contribution in [-0.4, -0.2) is 0 Å². The van der Waals surface area contributed by atoms with Gasteiger partial charge >= 0.3 is 0 Å². The molecule has 78 valence electrons. The summed E-state index contributed by atoms with van der Waals surface area (Å²) in [5.74, 6) is 0.595. The van der Waals surface area contributed by atoms with Gasteiger partial charge < -0.3 is 5.32 Å². The van der Waals surface area contributed by atoms with Crippen molar-refractivity contribution < 1.29 is 0 Å². The summed E-state index contributed by atoms with van der Waals surface area (Å²) in [5, 5.41) is 3.37. The number of nitrogens with one attached hydrogen (secondary N) is 1. The molecule has 0 aromatic rings. The van der Waals surface area contributed by atoms with Gasteiger partial charge in [0.15, 0.2) is 0 Å². The first-order valence-corrected chi connectivity index (χ1v) is 5.50. The summed E-state index contributed by atoms with van der Waals surface area (Å²) in [6, 6.07) is 0. The van der Waals surface area contributed by atoms with E-state index in [2.05, 4.69) is 51.4 Å². The van der Waals surface area contributed by atoms with E-state index in [1.54, 1.807) is 0 Å². The Labute approximate surface area is 87.6 Å². The molecule has 1 aliphatic rings. The van der Waals surface area contributed by atoms with E-state index < -0.39 is 0 Å². The fraction of sp³-hybridized carbons (Fsp3) is 0.538. The first-order chi connectivity index (χ1) is 6.69. The minimum Gasteiger partial charge on any atom is -0.365 e. The molecule has 1 nitrogen and oxygen atoms in total. The molecule has 0 spiro atoms. The van der Waals surface area contributed by atoms with Gasteiger partial charge in [0.2, 0.25) is 0 Å². The highest BCUT2D eigenvalue weighted by Crippen LogP contribution is 2.21. The Kier molecular flexibility index (Phi) is 3.99. The molecule has 1 rings (SSSR count). The molecule has 1 heterocycles. The van der Waals surface area contributed by atoms with Gasteiger partial charge in [-0.15, -0.1) is 0 Å². The van der Waals surface area contributed by atoms with Crippen molar-refractivity contribution in [3.05, 3.63) is 35.2 Å². The first-order valence-electron chi connectivity index (χ1n) is 5.50. The van der Waals surface area contributed by atoms with Crippen LogP contribution in [0.4, 0.5) is 0 Å². The van der Waals surface area contributed by atoms with Gasteiger partial charge in [-0.05, 0) is 43.8 Å². The van der Waals surface area contributed by atoms with Crippen LogP contribution in [0.15, 0.2) is 35.2 Å². The van der Waals surface area contributed by atoms with Gasteiger partial charge in [0.05, 0.1) is 0 Å². The van der Waals surface area contributed by atoms with E-state index in [-0.39, 0.29) is 0 Å². The van der Waals surface area contributed by atoms with E-state index in [1.807, 2.05) is 0 Å². The van der Waals surface area contributed by atoms with E-state index in [0.29, 0.717) is 5.92 Å². The second kappa shape index (κ2) is 5.04. The smallest absolute Gasteiger partial charge is 0.0110 e. The maximum Gasteiger partial charge on any atom is 0.0110 e. The molecule has 1 N–H and O–H groups in total. The Morgan fingerprint density at radius 3 is 2.57 bits per heavy atom. The van der Waals surface area contributed by atoms with Crippen molar-refractivity contribution in [2.45, 2.75) is 40.5 Å². The van der Waals surface area contributed by atoms with Crippen LogP contribution < -0.4 is 5.32 Å². The van der Waals surface area contributed by atoms with Crippen LogP contribution in [0, 0.1) is 5.92 Å². The maximum atomic E-state index is 3.37. The molecule has 0 saturated carbocycles. The SMILES string of the molecule is CCC1=C/N/C(C)=C(\C)[C@@H](CC)/C=C\1. The standard InChI is InChI=1S/C13H21N/c1-5-12-7-8-13(6-2)10(3)11(4)14-9-12/h7-9,13-14H,5-6H2,1-4H3/b8-7-,11-10+,12-9-/t13-/m0/s1. The van der Waals surface area contributed by atoms with E-state index in [1.165, 1.54) is 23.3 Å². The largest absolute Gasteiger partial charge is 0.365 e. The molecule has 0 fully saturated rings. The maximum absolute atomic E-state index is 3.37. The summed E-state index contributed by atoms with van der Waals surface area (Å²) in [7, 11) is 0. The van der Waals surface area contributed by atoms with Crippen molar-refractivity contribution in [1.29, 1.82) is 0 Å². The molecule has 0 aliphatic carbocycles. The second-order valence-corrected chi connectivity index (χ2v) is 3.90. The highest BCUT2D eigenvalue weighted by molar-refractivity contribution is 5.27. The second-order valence-electron chi connectivity index (χ2n) is 3.90. The van der Waals surface area contributed by atoms with Crippen molar-refractivity contribution in [3.63, 3.8) is 0 Å². The third-order valence-electron chi connectivity index (χ3n) is 3.01. The molecule has 0 amide bonds. The fourth-order valence-electron chi connectivity index (χ4n) is 1.69. The van der Waals surface area contributed by atoms with Crippen molar-refractivity contribution in [3.8, 4) is 0 Å². The van der Waals surface area contributed by atoms with Crippen LogP contribution in [0.5, 0.6) is 0 Å². The lowest BCUT2D eigenvalue weighted by atomic mass is 9.94. The molecule has 0 aromatic carbocycles. The topological polar surface area (TPSA) is 12.0 Å². The highest BCUT2D eigenvalue weighted by atomic mass is 14.8. The fourth-order valence-corrected chi connectivity index (χ4v) is 1.69.